The normalized spacial score (nSPS) is 11.3. The number of benzene rings is 1. The van der Waals surface area contributed by atoms with E-state index in [1.165, 1.54) is 26.0 Å². The number of nitrogens with one attached hydrogen (secondary N) is 1. The fraction of sp³-hybridized carbons (Fsp3) is 0.435. The molecule has 1 aromatic carbocycles. The summed E-state index contributed by atoms with van der Waals surface area (Å²) in [5, 5.41) is 4.64. The number of carbonyl (C=O) groups is 1. The molecule has 2 heterocycles. The molecule has 0 radical (unpaired) electrons. The molecule has 0 atom stereocenters. The third-order valence-electron chi connectivity index (χ3n) is 5.12. The quantitative estimate of drug-likeness (QED) is 0.555. The van der Waals surface area contributed by atoms with E-state index in [2.05, 4.69) is 12.2 Å². The number of hydrogen-bond acceptors (Lipinski definition) is 4. The molecule has 0 bridgehead atoms. The van der Waals surface area contributed by atoms with Gasteiger partial charge in [0.1, 0.15) is 11.2 Å². The van der Waals surface area contributed by atoms with Gasteiger partial charge in [0.15, 0.2) is 0 Å². The van der Waals surface area contributed by atoms with E-state index in [-0.39, 0.29) is 18.0 Å². The van der Waals surface area contributed by atoms with E-state index in [1.807, 2.05) is 38.1 Å². The van der Waals surface area contributed by atoms with Crippen LogP contribution in [0.25, 0.3) is 10.2 Å². The van der Waals surface area contributed by atoms with Gasteiger partial charge in [-0.3, -0.25) is 18.7 Å². The Hall–Kier alpha value is -2.67. The van der Waals surface area contributed by atoms with Crippen molar-refractivity contribution in [1.82, 2.24) is 9.13 Å². The number of thiophene rings is 1. The van der Waals surface area contributed by atoms with E-state index in [4.69, 9.17) is 0 Å². The van der Waals surface area contributed by atoms with Crippen LogP contribution in [0.4, 0.5) is 5.69 Å². The number of rotatable bonds is 9. The predicted octanol–water partition coefficient (Wildman–Crippen LogP) is 4.25. The first-order chi connectivity index (χ1) is 14.4. The summed E-state index contributed by atoms with van der Waals surface area (Å²) in [4.78, 5) is 38.4. The van der Waals surface area contributed by atoms with Gasteiger partial charge in [0.05, 0.1) is 5.52 Å². The van der Waals surface area contributed by atoms with Gasteiger partial charge in [-0.2, -0.15) is 0 Å². The molecule has 0 aliphatic rings. The SMILES string of the molecule is CCCCc1ccc(NC(=O)Cn2c(=O)n(CCC(C)C)c(=O)c3sccc32)cc1. The van der Waals surface area contributed by atoms with Crippen LogP contribution < -0.4 is 16.6 Å². The van der Waals surface area contributed by atoms with E-state index in [9.17, 15) is 14.4 Å². The maximum atomic E-state index is 13.0. The first-order valence-corrected chi connectivity index (χ1v) is 11.4. The first kappa shape index (κ1) is 22.0. The van der Waals surface area contributed by atoms with Crippen molar-refractivity contribution >= 4 is 33.1 Å². The topological polar surface area (TPSA) is 73.1 Å². The van der Waals surface area contributed by atoms with Crippen LogP contribution in [0.5, 0.6) is 0 Å². The summed E-state index contributed by atoms with van der Waals surface area (Å²) in [7, 11) is 0. The van der Waals surface area contributed by atoms with Crippen molar-refractivity contribution < 1.29 is 4.79 Å². The Morgan fingerprint density at radius 2 is 1.83 bits per heavy atom. The zero-order valence-electron chi connectivity index (χ0n) is 17.8. The third kappa shape index (κ3) is 5.08. The third-order valence-corrected chi connectivity index (χ3v) is 6.02. The van der Waals surface area contributed by atoms with Gasteiger partial charge in [-0.25, -0.2) is 4.79 Å². The Morgan fingerprint density at radius 1 is 1.10 bits per heavy atom. The number of fused-ring (bicyclic) bond motifs is 1. The van der Waals surface area contributed by atoms with Gasteiger partial charge in [-0.15, -0.1) is 11.3 Å². The van der Waals surface area contributed by atoms with Crippen molar-refractivity contribution in [3.63, 3.8) is 0 Å². The molecular weight excluding hydrogens is 398 g/mol. The average molecular weight is 428 g/mol. The van der Waals surface area contributed by atoms with Crippen LogP contribution in [0.1, 0.15) is 45.6 Å². The molecule has 6 nitrogen and oxygen atoms in total. The highest BCUT2D eigenvalue weighted by molar-refractivity contribution is 7.17. The molecular formula is C23H29N3O3S. The van der Waals surface area contributed by atoms with Crippen molar-refractivity contribution in [2.24, 2.45) is 5.92 Å². The monoisotopic (exact) mass is 427 g/mol. The van der Waals surface area contributed by atoms with Crippen molar-refractivity contribution in [3.8, 4) is 0 Å². The van der Waals surface area contributed by atoms with Gasteiger partial charge in [0.25, 0.3) is 5.56 Å². The van der Waals surface area contributed by atoms with Gasteiger partial charge < -0.3 is 5.32 Å². The van der Waals surface area contributed by atoms with Gasteiger partial charge in [-0.05, 0) is 54.3 Å². The minimum atomic E-state index is -0.434. The summed E-state index contributed by atoms with van der Waals surface area (Å²) in [6.45, 7) is 6.48. The molecule has 0 unspecified atom stereocenters. The Bertz CT molecular complexity index is 1120. The van der Waals surface area contributed by atoms with Crippen LogP contribution in [0.3, 0.4) is 0 Å². The van der Waals surface area contributed by atoms with Crippen LogP contribution in [0.2, 0.25) is 0 Å². The molecule has 0 aliphatic heterocycles. The molecule has 3 rings (SSSR count). The highest BCUT2D eigenvalue weighted by Crippen LogP contribution is 2.16. The molecule has 0 fully saturated rings. The number of anilines is 1. The second-order valence-corrected chi connectivity index (χ2v) is 8.91. The Kier molecular flexibility index (Phi) is 7.26. The zero-order chi connectivity index (χ0) is 21.7. The lowest BCUT2D eigenvalue weighted by atomic mass is 10.1. The zero-order valence-corrected chi connectivity index (χ0v) is 18.6. The van der Waals surface area contributed by atoms with E-state index in [1.54, 1.807) is 11.4 Å². The molecule has 2 aromatic heterocycles. The lowest BCUT2D eigenvalue weighted by Gasteiger charge is -2.13. The number of unbranched alkanes of at least 4 members (excludes halogenated alkanes) is 1. The van der Waals surface area contributed by atoms with E-state index in [0.717, 1.165) is 25.7 Å². The fourth-order valence-electron chi connectivity index (χ4n) is 3.35. The molecule has 7 heteroatoms. The van der Waals surface area contributed by atoms with E-state index in [0.29, 0.717) is 28.4 Å². The standard InChI is InChI=1S/C23H29N3O3S/c1-4-5-6-17-7-9-18(10-8-17)24-20(27)15-26-19-12-14-30-21(19)22(28)25(23(26)29)13-11-16(2)3/h7-10,12,14,16H,4-6,11,13,15H2,1-3H3,(H,24,27). The van der Waals surface area contributed by atoms with Crippen LogP contribution >= 0.6 is 11.3 Å². The smallest absolute Gasteiger partial charge is 0.325 e. The van der Waals surface area contributed by atoms with Gasteiger partial charge in [0.2, 0.25) is 5.91 Å². The van der Waals surface area contributed by atoms with Gasteiger partial charge in [0, 0.05) is 12.2 Å². The van der Waals surface area contributed by atoms with E-state index < -0.39 is 5.69 Å². The minimum absolute atomic E-state index is 0.133. The lowest BCUT2D eigenvalue weighted by Crippen LogP contribution is -2.41. The fourth-order valence-corrected chi connectivity index (χ4v) is 4.19. The number of amides is 1. The molecule has 160 valence electrons. The summed E-state index contributed by atoms with van der Waals surface area (Å²) >= 11 is 1.30. The second-order valence-electron chi connectivity index (χ2n) is 7.99. The lowest BCUT2D eigenvalue weighted by molar-refractivity contribution is -0.116. The maximum Gasteiger partial charge on any atom is 0.332 e. The summed E-state index contributed by atoms with van der Waals surface area (Å²) < 4.78 is 3.17. The van der Waals surface area contributed by atoms with Crippen molar-refractivity contribution in [3.05, 3.63) is 62.1 Å². The Morgan fingerprint density at radius 3 is 2.50 bits per heavy atom. The van der Waals surface area contributed by atoms with Gasteiger partial charge >= 0.3 is 5.69 Å². The number of aromatic nitrogens is 2. The second kappa shape index (κ2) is 9.89. The summed E-state index contributed by atoms with van der Waals surface area (Å²) in [5.41, 5.74) is 1.74. The van der Waals surface area contributed by atoms with Crippen molar-refractivity contribution in [2.45, 2.75) is 59.5 Å². The highest BCUT2D eigenvalue weighted by atomic mass is 32.1. The van der Waals surface area contributed by atoms with Crippen LogP contribution in [-0.4, -0.2) is 15.0 Å². The molecule has 1 N–H and O–H groups in total. The van der Waals surface area contributed by atoms with E-state index >= 15 is 0 Å². The largest absolute Gasteiger partial charge is 0.332 e. The molecule has 0 aliphatic carbocycles. The first-order valence-electron chi connectivity index (χ1n) is 10.5. The number of carbonyl (C=O) groups excluding carboxylic acids is 1. The van der Waals surface area contributed by atoms with Crippen LogP contribution in [0, 0.1) is 5.92 Å². The molecule has 0 saturated carbocycles. The maximum absolute atomic E-state index is 13.0. The molecule has 1 amide bonds. The molecule has 3 aromatic rings. The van der Waals surface area contributed by atoms with Crippen LogP contribution in [-0.2, 0) is 24.3 Å². The average Bonchev–Trinajstić information content (AvgIpc) is 3.20. The van der Waals surface area contributed by atoms with Gasteiger partial charge in [-0.1, -0.05) is 39.3 Å². The molecule has 30 heavy (non-hydrogen) atoms. The molecule has 0 spiro atoms. The number of aryl methyl sites for hydroxylation is 1. The summed E-state index contributed by atoms with van der Waals surface area (Å²) in [5.74, 6) is 0.0762. The van der Waals surface area contributed by atoms with Crippen molar-refractivity contribution in [2.75, 3.05) is 5.32 Å². The summed E-state index contributed by atoms with van der Waals surface area (Å²) in [6.07, 6.45) is 4.03. The molecule has 0 saturated heterocycles. The summed E-state index contributed by atoms with van der Waals surface area (Å²) in [6, 6.07) is 9.53. The number of hydrogen-bond donors (Lipinski definition) is 1. The minimum Gasteiger partial charge on any atom is -0.325 e. The van der Waals surface area contributed by atoms with Crippen molar-refractivity contribution in [1.29, 1.82) is 0 Å². The van der Waals surface area contributed by atoms with Crippen LogP contribution in [0.15, 0.2) is 45.3 Å². The predicted molar refractivity (Wildman–Crippen MR) is 123 cm³/mol. The Labute approximate surface area is 180 Å². The highest BCUT2D eigenvalue weighted by Gasteiger charge is 2.16. The Balaban J connectivity index is 1.82. The number of nitrogens with zero attached hydrogens (tertiary/aromatic N) is 2.